The lowest BCUT2D eigenvalue weighted by molar-refractivity contribution is 0.0556. The molecule has 22 heavy (non-hydrogen) atoms. The first-order valence-electron chi connectivity index (χ1n) is 6.64. The summed E-state index contributed by atoms with van der Waals surface area (Å²) in [6.07, 6.45) is 1.34. The van der Waals surface area contributed by atoms with Crippen LogP contribution in [0, 0.1) is 0 Å². The number of carbonyl (C=O) groups is 2. The molecule has 0 aliphatic rings. The molecule has 3 rings (SSSR count). The molecule has 0 spiro atoms. The Labute approximate surface area is 126 Å². The average molecular weight is 295 g/mol. The zero-order valence-corrected chi connectivity index (χ0v) is 12.1. The molecule has 0 bridgehead atoms. The van der Waals surface area contributed by atoms with Gasteiger partial charge in [-0.25, -0.2) is 9.59 Å². The molecule has 5 heteroatoms. The van der Waals surface area contributed by atoms with Gasteiger partial charge in [0.2, 0.25) is 0 Å². The van der Waals surface area contributed by atoms with Crippen molar-refractivity contribution in [1.82, 2.24) is 4.98 Å². The van der Waals surface area contributed by atoms with Crippen molar-refractivity contribution in [3.63, 3.8) is 0 Å². The number of carbonyl (C=O) groups excluding carboxylic acids is 2. The summed E-state index contributed by atoms with van der Waals surface area (Å²) in [4.78, 5) is 28.5. The molecule has 2 aromatic carbocycles. The molecular formula is C17H13NO4. The van der Waals surface area contributed by atoms with Crippen molar-refractivity contribution in [3.8, 4) is 0 Å². The summed E-state index contributed by atoms with van der Waals surface area (Å²) in [6, 6.07) is 11.3. The lowest BCUT2D eigenvalue weighted by atomic mass is 9.98. The number of aromatic nitrogens is 1. The summed E-state index contributed by atoms with van der Waals surface area (Å²) in [5.74, 6) is -1.22. The van der Waals surface area contributed by atoms with Crippen LogP contribution >= 0.6 is 0 Å². The van der Waals surface area contributed by atoms with Gasteiger partial charge in [-0.2, -0.15) is 0 Å². The highest BCUT2D eigenvalue weighted by Gasteiger charge is 2.23. The molecule has 0 fully saturated rings. The van der Waals surface area contributed by atoms with E-state index in [0.29, 0.717) is 10.9 Å². The van der Waals surface area contributed by atoms with Gasteiger partial charge >= 0.3 is 11.9 Å². The minimum Gasteiger partial charge on any atom is -0.465 e. The zero-order chi connectivity index (χ0) is 15.7. The molecule has 0 unspecified atom stereocenters. The van der Waals surface area contributed by atoms with Gasteiger partial charge in [-0.15, -0.1) is 0 Å². The zero-order valence-electron chi connectivity index (χ0n) is 12.1. The number of nitrogens with zero attached hydrogens (tertiary/aromatic N) is 1. The highest BCUT2D eigenvalue weighted by atomic mass is 16.5. The molecule has 0 aliphatic heterocycles. The smallest absolute Gasteiger partial charge is 0.340 e. The molecular weight excluding hydrogens is 282 g/mol. The van der Waals surface area contributed by atoms with Crippen molar-refractivity contribution in [2.45, 2.75) is 0 Å². The van der Waals surface area contributed by atoms with Crippen molar-refractivity contribution >= 4 is 33.6 Å². The monoisotopic (exact) mass is 295 g/mol. The van der Waals surface area contributed by atoms with Crippen molar-refractivity contribution in [2.24, 2.45) is 0 Å². The van der Waals surface area contributed by atoms with Crippen LogP contribution in [0.2, 0.25) is 0 Å². The van der Waals surface area contributed by atoms with Crippen LogP contribution in [-0.4, -0.2) is 31.1 Å². The van der Waals surface area contributed by atoms with Gasteiger partial charge in [0.25, 0.3) is 0 Å². The second-order valence-corrected chi connectivity index (χ2v) is 4.71. The number of esters is 2. The predicted molar refractivity (Wildman–Crippen MR) is 81.9 cm³/mol. The van der Waals surface area contributed by atoms with Crippen LogP contribution in [-0.2, 0) is 9.47 Å². The van der Waals surface area contributed by atoms with Crippen LogP contribution < -0.4 is 0 Å². The number of hydrogen-bond acceptors (Lipinski definition) is 5. The van der Waals surface area contributed by atoms with Gasteiger partial charge in [-0.1, -0.05) is 30.3 Å². The Bertz CT molecular complexity index is 902. The van der Waals surface area contributed by atoms with Crippen molar-refractivity contribution in [2.75, 3.05) is 14.2 Å². The van der Waals surface area contributed by atoms with E-state index in [4.69, 9.17) is 9.47 Å². The average Bonchev–Trinajstić information content (AvgIpc) is 2.59. The van der Waals surface area contributed by atoms with E-state index in [-0.39, 0.29) is 11.1 Å². The lowest BCUT2D eigenvalue weighted by Gasteiger charge is -2.11. The number of ether oxygens (including phenoxy) is 2. The highest BCUT2D eigenvalue weighted by Crippen LogP contribution is 2.29. The summed E-state index contributed by atoms with van der Waals surface area (Å²) in [5.41, 5.74) is 0.890. The van der Waals surface area contributed by atoms with Gasteiger partial charge in [-0.3, -0.25) is 4.98 Å². The Morgan fingerprint density at radius 3 is 2.41 bits per heavy atom. The summed E-state index contributed by atoms with van der Waals surface area (Å²) in [5, 5.41) is 2.37. The number of benzene rings is 2. The molecule has 0 atom stereocenters. The maximum absolute atomic E-state index is 12.3. The Kier molecular flexibility index (Phi) is 3.47. The second kappa shape index (κ2) is 5.44. The van der Waals surface area contributed by atoms with E-state index in [1.54, 1.807) is 0 Å². The Morgan fingerprint density at radius 1 is 0.955 bits per heavy atom. The van der Waals surface area contributed by atoms with Crippen LogP contribution in [0.25, 0.3) is 21.7 Å². The van der Waals surface area contributed by atoms with Crippen LogP contribution in [0.15, 0.2) is 42.6 Å². The van der Waals surface area contributed by atoms with Crippen LogP contribution in [0.1, 0.15) is 20.7 Å². The van der Waals surface area contributed by atoms with E-state index in [1.807, 2.05) is 36.4 Å². The Hall–Kier alpha value is -2.95. The third-order valence-electron chi connectivity index (χ3n) is 3.55. The summed E-state index contributed by atoms with van der Waals surface area (Å²) < 4.78 is 9.60. The number of methoxy groups -OCH3 is 2. The van der Waals surface area contributed by atoms with E-state index in [9.17, 15) is 9.59 Å². The van der Waals surface area contributed by atoms with Crippen molar-refractivity contribution in [1.29, 1.82) is 0 Å². The van der Waals surface area contributed by atoms with Gasteiger partial charge in [0, 0.05) is 11.6 Å². The van der Waals surface area contributed by atoms with E-state index in [0.717, 1.165) is 10.8 Å². The standard InChI is InChI=1S/C17H13NO4/c1-21-16(19)12-9-18-13-8-7-10-5-3-4-6-11(10)14(13)15(12)17(20)22-2/h3-9H,1-2H3. The number of fused-ring (bicyclic) bond motifs is 3. The number of hydrogen-bond donors (Lipinski definition) is 0. The Balaban J connectivity index is 2.52. The van der Waals surface area contributed by atoms with Gasteiger partial charge < -0.3 is 9.47 Å². The normalized spacial score (nSPS) is 10.6. The number of rotatable bonds is 2. The molecule has 0 saturated carbocycles. The highest BCUT2D eigenvalue weighted by molar-refractivity contribution is 6.19. The molecule has 1 aromatic heterocycles. The van der Waals surface area contributed by atoms with Gasteiger partial charge in [0.15, 0.2) is 0 Å². The summed E-state index contributed by atoms with van der Waals surface area (Å²) >= 11 is 0. The minimum atomic E-state index is -0.622. The van der Waals surface area contributed by atoms with Crippen LogP contribution in [0.3, 0.4) is 0 Å². The molecule has 0 saturated heterocycles. The molecule has 5 nitrogen and oxygen atoms in total. The molecule has 0 N–H and O–H groups in total. The van der Waals surface area contributed by atoms with Crippen molar-refractivity contribution in [3.05, 3.63) is 53.7 Å². The van der Waals surface area contributed by atoms with E-state index in [1.165, 1.54) is 20.4 Å². The first-order valence-corrected chi connectivity index (χ1v) is 6.64. The quantitative estimate of drug-likeness (QED) is 0.537. The molecule has 0 aliphatic carbocycles. The molecule has 110 valence electrons. The van der Waals surface area contributed by atoms with Gasteiger partial charge in [0.1, 0.15) is 0 Å². The molecule has 3 aromatic rings. The first kappa shape index (κ1) is 14.0. The second-order valence-electron chi connectivity index (χ2n) is 4.71. The third kappa shape index (κ3) is 2.07. The predicted octanol–water partition coefficient (Wildman–Crippen LogP) is 2.96. The SMILES string of the molecule is COC(=O)c1cnc2ccc3ccccc3c2c1C(=O)OC. The van der Waals surface area contributed by atoms with Gasteiger partial charge in [0.05, 0.1) is 30.9 Å². The fourth-order valence-electron chi connectivity index (χ4n) is 2.54. The fraction of sp³-hybridized carbons (Fsp3) is 0.118. The molecule has 0 radical (unpaired) electrons. The molecule has 1 heterocycles. The largest absolute Gasteiger partial charge is 0.465 e. The fourth-order valence-corrected chi connectivity index (χ4v) is 2.54. The first-order chi connectivity index (χ1) is 10.7. The summed E-state index contributed by atoms with van der Waals surface area (Å²) in [6.45, 7) is 0. The van der Waals surface area contributed by atoms with Crippen LogP contribution in [0.4, 0.5) is 0 Å². The van der Waals surface area contributed by atoms with E-state index in [2.05, 4.69) is 4.98 Å². The third-order valence-corrected chi connectivity index (χ3v) is 3.55. The summed E-state index contributed by atoms with van der Waals surface area (Å²) in [7, 11) is 2.54. The molecule has 0 amide bonds. The topological polar surface area (TPSA) is 65.5 Å². The minimum absolute atomic E-state index is 0.0956. The van der Waals surface area contributed by atoms with E-state index >= 15 is 0 Å². The Morgan fingerprint density at radius 2 is 1.68 bits per heavy atom. The van der Waals surface area contributed by atoms with Crippen LogP contribution in [0.5, 0.6) is 0 Å². The maximum Gasteiger partial charge on any atom is 0.340 e. The van der Waals surface area contributed by atoms with Gasteiger partial charge in [-0.05, 0) is 16.8 Å². The lowest BCUT2D eigenvalue weighted by Crippen LogP contribution is -2.13. The maximum atomic E-state index is 12.3. The van der Waals surface area contributed by atoms with E-state index < -0.39 is 11.9 Å². The van der Waals surface area contributed by atoms with Crippen molar-refractivity contribution < 1.29 is 19.1 Å². The number of pyridine rings is 1.